The molecule has 5 heteroatoms. The van der Waals surface area contributed by atoms with Crippen molar-refractivity contribution in [1.82, 2.24) is 4.90 Å². The van der Waals surface area contributed by atoms with E-state index in [0.717, 1.165) is 29.5 Å². The Morgan fingerprint density at radius 3 is 2.70 bits per heavy atom. The zero-order valence-corrected chi connectivity index (χ0v) is 13.3. The van der Waals surface area contributed by atoms with Gasteiger partial charge in [0.25, 0.3) is 0 Å². The second-order valence-electron chi connectivity index (χ2n) is 5.47. The van der Waals surface area contributed by atoms with Crippen LogP contribution >= 0.6 is 15.9 Å². The number of hydrogen-bond donors (Lipinski definition) is 2. The molecule has 2 N–H and O–H groups in total. The predicted molar refractivity (Wildman–Crippen MR) is 80.7 cm³/mol. The van der Waals surface area contributed by atoms with Crippen LogP contribution < -0.4 is 0 Å². The molecule has 2 unspecified atom stereocenters. The third kappa shape index (κ3) is 2.99. The Bertz CT molecular complexity index is 500. The van der Waals surface area contributed by atoms with Gasteiger partial charge in [0, 0.05) is 29.2 Å². The van der Waals surface area contributed by atoms with Gasteiger partial charge in [-0.15, -0.1) is 0 Å². The molecule has 0 radical (unpaired) electrons. The average molecular weight is 342 g/mol. The lowest BCUT2D eigenvalue weighted by atomic mass is 9.84. The van der Waals surface area contributed by atoms with Gasteiger partial charge in [-0.25, -0.2) is 0 Å². The van der Waals surface area contributed by atoms with Crippen LogP contribution in [0.4, 0.5) is 0 Å². The monoisotopic (exact) mass is 341 g/mol. The first-order chi connectivity index (χ1) is 9.43. The van der Waals surface area contributed by atoms with Crippen molar-refractivity contribution in [2.45, 2.75) is 26.3 Å². The topological polar surface area (TPSA) is 60.8 Å². The van der Waals surface area contributed by atoms with Crippen LogP contribution in [-0.2, 0) is 4.79 Å². The number of halogens is 1. The van der Waals surface area contributed by atoms with E-state index in [1.807, 2.05) is 12.1 Å². The van der Waals surface area contributed by atoms with E-state index in [2.05, 4.69) is 27.8 Å². The smallest absolute Gasteiger partial charge is 0.306 e. The maximum Gasteiger partial charge on any atom is 0.306 e. The van der Waals surface area contributed by atoms with E-state index in [1.54, 1.807) is 13.0 Å². The first-order valence-corrected chi connectivity index (χ1v) is 7.68. The number of likely N-dealkylation sites (tertiary alicyclic amines) is 1. The molecule has 0 bridgehead atoms. The Kier molecular flexibility index (Phi) is 4.70. The van der Waals surface area contributed by atoms with E-state index >= 15 is 0 Å². The van der Waals surface area contributed by atoms with Crippen molar-refractivity contribution in [1.29, 1.82) is 0 Å². The van der Waals surface area contributed by atoms with E-state index in [1.165, 1.54) is 0 Å². The molecule has 1 aromatic carbocycles. The number of hydrogen-bond acceptors (Lipinski definition) is 3. The Balaban J connectivity index is 2.08. The summed E-state index contributed by atoms with van der Waals surface area (Å²) in [6, 6.07) is 5.60. The van der Waals surface area contributed by atoms with Gasteiger partial charge in [0.05, 0.1) is 5.92 Å². The minimum atomic E-state index is -0.729. The van der Waals surface area contributed by atoms with Crippen LogP contribution in [0.15, 0.2) is 22.7 Å². The number of carbonyl (C=O) groups is 1. The standard InChI is InChI=1S/C15H20BrNO3/c1-3-13(12-6-11(16)4-5-14(12)18)17-7-10(8-17)9(2)15(19)20/h4-6,9-10,13,18H,3,7-8H2,1-2H3,(H,19,20). The van der Waals surface area contributed by atoms with E-state index in [4.69, 9.17) is 5.11 Å². The van der Waals surface area contributed by atoms with Gasteiger partial charge in [-0.1, -0.05) is 29.8 Å². The first-order valence-electron chi connectivity index (χ1n) is 6.89. The lowest BCUT2D eigenvalue weighted by Crippen LogP contribution is -2.52. The van der Waals surface area contributed by atoms with Crippen LogP contribution in [0.5, 0.6) is 5.75 Å². The number of carboxylic acid groups (broad SMARTS) is 1. The number of phenols is 1. The highest BCUT2D eigenvalue weighted by Gasteiger charge is 2.38. The second-order valence-corrected chi connectivity index (χ2v) is 6.38. The molecule has 1 fully saturated rings. The Hall–Kier alpha value is -1.07. The van der Waals surface area contributed by atoms with Gasteiger partial charge in [-0.2, -0.15) is 0 Å². The molecule has 0 aromatic heterocycles. The van der Waals surface area contributed by atoms with Crippen LogP contribution in [0.1, 0.15) is 31.9 Å². The fraction of sp³-hybridized carbons (Fsp3) is 0.533. The Labute approximate surface area is 127 Å². The van der Waals surface area contributed by atoms with Crippen LogP contribution in [0.3, 0.4) is 0 Å². The number of aromatic hydroxyl groups is 1. The van der Waals surface area contributed by atoms with Crippen LogP contribution in [0.25, 0.3) is 0 Å². The maximum absolute atomic E-state index is 11.0. The van der Waals surface area contributed by atoms with Crippen molar-refractivity contribution in [2.75, 3.05) is 13.1 Å². The molecule has 1 aliphatic rings. The molecule has 1 aromatic rings. The number of nitrogens with zero attached hydrogens (tertiary/aromatic N) is 1. The predicted octanol–water partition coefficient (Wildman–Crippen LogP) is 3.26. The maximum atomic E-state index is 11.0. The van der Waals surface area contributed by atoms with E-state index in [0.29, 0.717) is 5.75 Å². The second kappa shape index (κ2) is 6.14. The van der Waals surface area contributed by atoms with Gasteiger partial charge in [-0.3, -0.25) is 9.69 Å². The summed E-state index contributed by atoms with van der Waals surface area (Å²) in [4.78, 5) is 13.2. The van der Waals surface area contributed by atoms with Gasteiger partial charge in [-0.05, 0) is 30.5 Å². The zero-order chi connectivity index (χ0) is 14.9. The quantitative estimate of drug-likeness (QED) is 0.862. The number of aliphatic carboxylic acids is 1. The Morgan fingerprint density at radius 2 is 2.15 bits per heavy atom. The molecule has 1 saturated heterocycles. The molecule has 1 heterocycles. The molecular weight excluding hydrogens is 322 g/mol. The normalized spacial score (nSPS) is 19.4. The van der Waals surface area contributed by atoms with Crippen LogP contribution in [0, 0.1) is 11.8 Å². The van der Waals surface area contributed by atoms with Crippen molar-refractivity contribution in [3.05, 3.63) is 28.2 Å². The fourth-order valence-corrected chi connectivity index (χ4v) is 3.17. The number of benzene rings is 1. The molecule has 1 aliphatic heterocycles. The summed E-state index contributed by atoms with van der Waals surface area (Å²) in [5.41, 5.74) is 0.906. The van der Waals surface area contributed by atoms with E-state index in [9.17, 15) is 9.90 Å². The minimum Gasteiger partial charge on any atom is -0.508 e. The Morgan fingerprint density at radius 1 is 1.50 bits per heavy atom. The molecular formula is C15H20BrNO3. The molecule has 110 valence electrons. The van der Waals surface area contributed by atoms with E-state index in [-0.39, 0.29) is 17.9 Å². The number of carboxylic acids is 1. The summed E-state index contributed by atoms with van der Waals surface area (Å²) in [7, 11) is 0. The van der Waals surface area contributed by atoms with Crippen molar-refractivity contribution >= 4 is 21.9 Å². The summed E-state index contributed by atoms with van der Waals surface area (Å²) in [5.74, 6) is -0.529. The van der Waals surface area contributed by atoms with E-state index < -0.39 is 5.97 Å². The average Bonchev–Trinajstić information content (AvgIpc) is 2.35. The SMILES string of the molecule is CCC(c1cc(Br)ccc1O)N1CC(C(C)C(=O)O)C1. The third-order valence-corrected chi connectivity index (χ3v) is 4.70. The summed E-state index contributed by atoms with van der Waals surface area (Å²) in [6.45, 7) is 5.40. The van der Waals surface area contributed by atoms with Gasteiger partial charge in [0.15, 0.2) is 0 Å². The van der Waals surface area contributed by atoms with Crippen molar-refractivity contribution in [2.24, 2.45) is 11.8 Å². The number of phenolic OH excluding ortho intramolecular Hbond substituents is 1. The molecule has 0 aliphatic carbocycles. The highest BCUT2D eigenvalue weighted by atomic mass is 79.9. The van der Waals surface area contributed by atoms with Crippen molar-refractivity contribution in [3.8, 4) is 5.75 Å². The largest absolute Gasteiger partial charge is 0.508 e. The zero-order valence-electron chi connectivity index (χ0n) is 11.7. The van der Waals surface area contributed by atoms with Crippen LogP contribution in [-0.4, -0.2) is 34.2 Å². The third-order valence-electron chi connectivity index (χ3n) is 4.21. The summed E-state index contributed by atoms with van der Waals surface area (Å²) in [5, 5.41) is 19.1. The fourth-order valence-electron chi connectivity index (χ4n) is 2.79. The highest BCUT2D eigenvalue weighted by molar-refractivity contribution is 9.10. The molecule has 4 nitrogen and oxygen atoms in total. The van der Waals surface area contributed by atoms with Gasteiger partial charge < -0.3 is 10.2 Å². The van der Waals surface area contributed by atoms with Gasteiger partial charge >= 0.3 is 5.97 Å². The van der Waals surface area contributed by atoms with Crippen molar-refractivity contribution < 1.29 is 15.0 Å². The molecule has 0 saturated carbocycles. The minimum absolute atomic E-state index is 0.143. The van der Waals surface area contributed by atoms with Crippen molar-refractivity contribution in [3.63, 3.8) is 0 Å². The summed E-state index contributed by atoms with van der Waals surface area (Å²) in [6.07, 6.45) is 0.887. The molecule has 2 atom stereocenters. The number of rotatable bonds is 5. The lowest BCUT2D eigenvalue weighted by molar-refractivity contribution is -0.146. The van der Waals surface area contributed by atoms with Crippen LogP contribution in [0.2, 0.25) is 0 Å². The molecule has 20 heavy (non-hydrogen) atoms. The molecule has 0 amide bonds. The summed E-state index contributed by atoms with van der Waals surface area (Å²) < 4.78 is 0.944. The highest BCUT2D eigenvalue weighted by Crippen LogP contribution is 2.38. The summed E-state index contributed by atoms with van der Waals surface area (Å²) >= 11 is 3.43. The lowest BCUT2D eigenvalue weighted by Gasteiger charge is -2.46. The van der Waals surface area contributed by atoms with Gasteiger partial charge in [0.2, 0.25) is 0 Å². The molecule has 2 rings (SSSR count). The molecule has 0 spiro atoms. The first kappa shape index (κ1) is 15.3. The van der Waals surface area contributed by atoms with Gasteiger partial charge in [0.1, 0.15) is 5.75 Å².